The lowest BCUT2D eigenvalue weighted by Crippen LogP contribution is -2.35. The Bertz CT molecular complexity index is 678. The summed E-state index contributed by atoms with van der Waals surface area (Å²) in [6.45, 7) is 2.15. The molecule has 2 aromatic rings. The first kappa shape index (κ1) is 16.3. The zero-order valence-electron chi connectivity index (χ0n) is 12.6. The largest absolute Gasteiger partial charge is 0.432 e. The molecule has 1 N–H and O–H groups in total. The molecule has 1 aliphatic heterocycles. The molecule has 1 unspecified atom stereocenters. The van der Waals surface area contributed by atoms with Gasteiger partial charge in [-0.15, -0.1) is 0 Å². The van der Waals surface area contributed by atoms with Gasteiger partial charge in [0, 0.05) is 19.5 Å². The van der Waals surface area contributed by atoms with E-state index in [9.17, 15) is 13.2 Å². The van der Waals surface area contributed by atoms with Crippen LogP contribution < -0.4 is 0 Å². The lowest BCUT2D eigenvalue weighted by atomic mass is 9.97. The molecule has 3 rings (SSSR count). The molecule has 23 heavy (non-hydrogen) atoms. The van der Waals surface area contributed by atoms with E-state index < -0.39 is 11.9 Å². The predicted octanol–water partition coefficient (Wildman–Crippen LogP) is 3.20. The van der Waals surface area contributed by atoms with Crippen LogP contribution in [0.4, 0.5) is 13.2 Å². The SMILES string of the molecule is Cn1c(Cl)cnc1CN1CCCC(c2ncc(C(F)(F)F)[nH]2)C1. The maximum absolute atomic E-state index is 12.7. The second kappa shape index (κ2) is 6.16. The summed E-state index contributed by atoms with van der Waals surface area (Å²) in [5, 5.41) is 0.564. The molecule has 0 radical (unpaired) electrons. The normalized spacial score (nSPS) is 20.1. The van der Waals surface area contributed by atoms with Gasteiger partial charge in [-0.25, -0.2) is 9.97 Å². The number of hydrogen-bond acceptors (Lipinski definition) is 3. The van der Waals surface area contributed by atoms with Gasteiger partial charge in [-0.05, 0) is 19.4 Å². The van der Waals surface area contributed by atoms with Crippen LogP contribution in [-0.4, -0.2) is 37.5 Å². The van der Waals surface area contributed by atoms with Crippen LogP contribution in [0.2, 0.25) is 5.15 Å². The first-order valence-corrected chi connectivity index (χ1v) is 7.73. The molecular weight excluding hydrogens is 331 g/mol. The molecule has 5 nitrogen and oxygen atoms in total. The third kappa shape index (κ3) is 3.53. The number of aromatic amines is 1. The van der Waals surface area contributed by atoms with E-state index in [1.807, 2.05) is 7.05 Å². The number of piperidine rings is 1. The summed E-state index contributed by atoms with van der Waals surface area (Å²) in [5.74, 6) is 1.21. The van der Waals surface area contributed by atoms with Gasteiger partial charge in [0.1, 0.15) is 22.5 Å². The van der Waals surface area contributed by atoms with E-state index in [1.54, 1.807) is 10.8 Å². The number of nitrogens with one attached hydrogen (secondary N) is 1. The number of hydrogen-bond donors (Lipinski definition) is 1. The molecule has 1 aliphatic rings. The van der Waals surface area contributed by atoms with Gasteiger partial charge in [-0.1, -0.05) is 11.6 Å². The first-order chi connectivity index (χ1) is 10.8. The Hall–Kier alpha value is -1.54. The molecular formula is C14H17ClF3N5. The number of aromatic nitrogens is 4. The summed E-state index contributed by atoms with van der Waals surface area (Å²) in [6.07, 6.45) is -0.190. The minimum atomic E-state index is -4.39. The molecule has 0 spiro atoms. The lowest BCUT2D eigenvalue weighted by Gasteiger charge is -2.31. The van der Waals surface area contributed by atoms with E-state index in [1.165, 1.54) is 0 Å². The third-order valence-corrected chi connectivity index (χ3v) is 4.54. The molecule has 1 saturated heterocycles. The Morgan fingerprint density at radius 2 is 2.13 bits per heavy atom. The molecule has 9 heteroatoms. The van der Waals surface area contributed by atoms with Crippen molar-refractivity contribution < 1.29 is 13.2 Å². The van der Waals surface area contributed by atoms with Gasteiger partial charge in [0.15, 0.2) is 0 Å². The average Bonchev–Trinajstić information content (AvgIpc) is 3.10. The highest BCUT2D eigenvalue weighted by Crippen LogP contribution is 2.31. The summed E-state index contributed by atoms with van der Waals surface area (Å²) in [6, 6.07) is 0. The second-order valence-electron chi connectivity index (χ2n) is 5.81. The third-order valence-electron chi connectivity index (χ3n) is 4.19. The molecule has 2 aromatic heterocycles. The van der Waals surface area contributed by atoms with Crippen LogP contribution in [0, 0.1) is 0 Å². The predicted molar refractivity (Wildman–Crippen MR) is 79.1 cm³/mol. The highest BCUT2D eigenvalue weighted by atomic mass is 35.5. The van der Waals surface area contributed by atoms with Crippen LogP contribution in [0.25, 0.3) is 0 Å². The molecule has 0 bridgehead atoms. The number of likely N-dealkylation sites (tertiary alicyclic amines) is 1. The van der Waals surface area contributed by atoms with Crippen LogP contribution in [0.3, 0.4) is 0 Å². The fourth-order valence-corrected chi connectivity index (χ4v) is 3.03. The van der Waals surface area contributed by atoms with E-state index in [2.05, 4.69) is 19.9 Å². The highest BCUT2D eigenvalue weighted by Gasteiger charge is 2.34. The maximum Gasteiger partial charge on any atom is 0.432 e. The van der Waals surface area contributed by atoms with Gasteiger partial charge in [0.25, 0.3) is 0 Å². The van der Waals surface area contributed by atoms with Crippen molar-refractivity contribution in [2.24, 2.45) is 7.05 Å². The molecule has 1 atom stereocenters. The van der Waals surface area contributed by atoms with Crippen molar-refractivity contribution in [3.63, 3.8) is 0 Å². The van der Waals surface area contributed by atoms with Gasteiger partial charge in [-0.2, -0.15) is 13.2 Å². The average molecular weight is 348 g/mol. The first-order valence-electron chi connectivity index (χ1n) is 7.35. The molecule has 0 amide bonds. The van der Waals surface area contributed by atoms with E-state index in [4.69, 9.17) is 11.6 Å². The molecule has 1 fully saturated rings. The summed E-state index contributed by atoms with van der Waals surface area (Å²) >= 11 is 5.98. The number of rotatable bonds is 3. The van der Waals surface area contributed by atoms with Crippen LogP contribution in [0.1, 0.15) is 36.1 Å². The van der Waals surface area contributed by atoms with Crippen molar-refractivity contribution in [3.8, 4) is 0 Å². The Balaban J connectivity index is 1.68. The smallest absolute Gasteiger partial charge is 0.338 e. The number of alkyl halides is 3. The number of H-pyrrole nitrogens is 1. The molecule has 0 aliphatic carbocycles. The van der Waals surface area contributed by atoms with Crippen LogP contribution in [0.5, 0.6) is 0 Å². The van der Waals surface area contributed by atoms with Gasteiger partial charge in [-0.3, -0.25) is 4.90 Å². The van der Waals surface area contributed by atoms with E-state index in [0.717, 1.165) is 31.4 Å². The van der Waals surface area contributed by atoms with E-state index in [-0.39, 0.29) is 5.92 Å². The monoisotopic (exact) mass is 347 g/mol. The Kier molecular flexibility index (Phi) is 4.37. The Morgan fingerprint density at radius 1 is 1.35 bits per heavy atom. The van der Waals surface area contributed by atoms with E-state index >= 15 is 0 Å². The molecule has 0 aromatic carbocycles. The van der Waals surface area contributed by atoms with Crippen molar-refractivity contribution in [1.82, 2.24) is 24.4 Å². The number of halogens is 4. The lowest BCUT2D eigenvalue weighted by molar-refractivity contribution is -0.141. The summed E-state index contributed by atoms with van der Waals surface area (Å²) in [5.41, 5.74) is -0.791. The van der Waals surface area contributed by atoms with Crippen molar-refractivity contribution >= 4 is 11.6 Å². The summed E-state index contributed by atoms with van der Waals surface area (Å²) in [4.78, 5) is 12.8. The summed E-state index contributed by atoms with van der Waals surface area (Å²) in [7, 11) is 1.84. The van der Waals surface area contributed by atoms with Crippen molar-refractivity contribution in [2.45, 2.75) is 31.5 Å². The fourth-order valence-electron chi connectivity index (χ4n) is 2.88. The quantitative estimate of drug-likeness (QED) is 0.927. The van der Waals surface area contributed by atoms with Gasteiger partial charge in [0.05, 0.1) is 18.9 Å². The minimum Gasteiger partial charge on any atom is -0.338 e. The number of imidazole rings is 2. The molecule has 3 heterocycles. The van der Waals surface area contributed by atoms with Gasteiger partial charge >= 0.3 is 6.18 Å². The van der Waals surface area contributed by atoms with Crippen LogP contribution in [0.15, 0.2) is 12.4 Å². The van der Waals surface area contributed by atoms with Crippen LogP contribution >= 0.6 is 11.6 Å². The molecule has 0 saturated carbocycles. The highest BCUT2D eigenvalue weighted by molar-refractivity contribution is 6.29. The van der Waals surface area contributed by atoms with Crippen molar-refractivity contribution in [3.05, 3.63) is 34.9 Å². The maximum atomic E-state index is 12.7. The van der Waals surface area contributed by atoms with E-state index in [0.29, 0.717) is 24.1 Å². The Labute approximate surface area is 136 Å². The Morgan fingerprint density at radius 3 is 2.74 bits per heavy atom. The zero-order chi connectivity index (χ0) is 16.6. The fraction of sp³-hybridized carbons (Fsp3) is 0.571. The second-order valence-corrected chi connectivity index (χ2v) is 6.20. The standard InChI is InChI=1S/C14H17ClF3N5/c1-22-11(15)6-19-12(22)8-23-4-2-3-9(7-23)13-20-5-10(21-13)14(16,17)18/h5-6,9H,2-4,7-8H2,1H3,(H,20,21). The van der Waals surface area contributed by atoms with Crippen molar-refractivity contribution in [1.29, 1.82) is 0 Å². The van der Waals surface area contributed by atoms with Gasteiger partial charge in [0.2, 0.25) is 0 Å². The number of nitrogens with zero attached hydrogens (tertiary/aromatic N) is 4. The van der Waals surface area contributed by atoms with Gasteiger partial charge < -0.3 is 9.55 Å². The zero-order valence-corrected chi connectivity index (χ0v) is 13.3. The van der Waals surface area contributed by atoms with Crippen molar-refractivity contribution in [2.75, 3.05) is 13.1 Å². The molecule has 126 valence electrons. The summed E-state index contributed by atoms with van der Waals surface area (Å²) < 4.78 is 39.8. The van der Waals surface area contributed by atoms with Crippen LogP contribution in [-0.2, 0) is 19.8 Å². The topological polar surface area (TPSA) is 49.7 Å². The minimum absolute atomic E-state index is 0.0319.